The van der Waals surface area contributed by atoms with E-state index in [2.05, 4.69) is 5.32 Å². The van der Waals surface area contributed by atoms with E-state index in [1.165, 1.54) is 6.07 Å². The van der Waals surface area contributed by atoms with Gasteiger partial charge in [-0.15, -0.1) is 11.8 Å². The van der Waals surface area contributed by atoms with E-state index in [9.17, 15) is 9.18 Å². The molecule has 3 nitrogen and oxygen atoms in total. The summed E-state index contributed by atoms with van der Waals surface area (Å²) < 4.78 is 13.5. The Morgan fingerprint density at radius 1 is 1.43 bits per heavy atom. The molecule has 0 radical (unpaired) electrons. The fraction of sp³-hybridized carbons (Fsp3) is 0.562. The lowest BCUT2D eigenvalue weighted by Crippen LogP contribution is -2.43. The molecule has 1 amide bonds. The van der Waals surface area contributed by atoms with Crippen LogP contribution >= 0.6 is 11.8 Å². The molecular formula is C16H21FN2OS. The van der Waals surface area contributed by atoms with Crippen molar-refractivity contribution in [1.82, 2.24) is 5.32 Å². The molecule has 1 aliphatic heterocycles. The highest BCUT2D eigenvalue weighted by Crippen LogP contribution is 2.37. The van der Waals surface area contributed by atoms with Crippen molar-refractivity contribution in [3.05, 3.63) is 29.6 Å². The van der Waals surface area contributed by atoms with Gasteiger partial charge in [-0.05, 0) is 43.0 Å². The van der Waals surface area contributed by atoms with Gasteiger partial charge in [-0.3, -0.25) is 4.79 Å². The molecule has 1 unspecified atom stereocenters. The van der Waals surface area contributed by atoms with Gasteiger partial charge in [0, 0.05) is 22.6 Å². The topological polar surface area (TPSA) is 55.1 Å². The molecule has 1 atom stereocenters. The number of fused-ring (bicyclic) bond motifs is 1. The van der Waals surface area contributed by atoms with Gasteiger partial charge < -0.3 is 11.1 Å². The van der Waals surface area contributed by atoms with Crippen LogP contribution in [0, 0.1) is 5.82 Å². The summed E-state index contributed by atoms with van der Waals surface area (Å²) in [5.74, 6) is 0.685. The van der Waals surface area contributed by atoms with Gasteiger partial charge in [0.1, 0.15) is 5.82 Å². The summed E-state index contributed by atoms with van der Waals surface area (Å²) in [6.07, 6.45) is 5.28. The maximum atomic E-state index is 13.5. The van der Waals surface area contributed by atoms with Gasteiger partial charge in [0.2, 0.25) is 5.91 Å². The number of halogens is 1. The van der Waals surface area contributed by atoms with Crippen LogP contribution in [0.15, 0.2) is 23.1 Å². The van der Waals surface area contributed by atoms with Crippen molar-refractivity contribution in [1.29, 1.82) is 0 Å². The lowest BCUT2D eigenvalue weighted by Gasteiger charge is -2.28. The summed E-state index contributed by atoms with van der Waals surface area (Å²) in [5.41, 5.74) is 6.82. The van der Waals surface area contributed by atoms with Crippen LogP contribution in [0.4, 0.5) is 4.39 Å². The smallest absolute Gasteiger partial charge is 0.222 e. The summed E-state index contributed by atoms with van der Waals surface area (Å²) >= 11 is 1.72. The fourth-order valence-corrected chi connectivity index (χ4v) is 4.44. The van der Waals surface area contributed by atoms with E-state index in [0.717, 1.165) is 48.3 Å². The monoisotopic (exact) mass is 308 g/mol. The van der Waals surface area contributed by atoms with Crippen molar-refractivity contribution in [2.75, 3.05) is 5.75 Å². The molecule has 0 spiro atoms. The van der Waals surface area contributed by atoms with E-state index in [0.29, 0.717) is 6.42 Å². The first-order valence-electron chi connectivity index (χ1n) is 7.56. The SMILES string of the molecule is NC1(CC(=O)NC2CCSc3ccc(F)cc32)CCCC1. The van der Waals surface area contributed by atoms with Crippen LogP contribution in [0.2, 0.25) is 0 Å². The number of carbonyl (C=O) groups is 1. The first-order chi connectivity index (χ1) is 10.1. The summed E-state index contributed by atoms with van der Waals surface area (Å²) in [5, 5.41) is 3.06. The number of nitrogens with one attached hydrogen (secondary N) is 1. The molecule has 1 fully saturated rings. The minimum absolute atomic E-state index is 0.00786. The van der Waals surface area contributed by atoms with Gasteiger partial charge in [0.25, 0.3) is 0 Å². The lowest BCUT2D eigenvalue weighted by atomic mass is 9.93. The van der Waals surface area contributed by atoms with E-state index < -0.39 is 0 Å². The highest BCUT2D eigenvalue weighted by atomic mass is 32.2. The number of hydrogen-bond donors (Lipinski definition) is 2. The van der Waals surface area contributed by atoms with Crippen molar-refractivity contribution in [2.45, 2.75) is 55.0 Å². The molecule has 1 aromatic carbocycles. The molecule has 1 saturated carbocycles. The molecule has 1 heterocycles. The van der Waals surface area contributed by atoms with E-state index in [4.69, 9.17) is 5.73 Å². The maximum Gasteiger partial charge on any atom is 0.222 e. The Labute approximate surface area is 128 Å². The van der Waals surface area contributed by atoms with E-state index >= 15 is 0 Å². The number of carbonyl (C=O) groups excluding carboxylic acids is 1. The van der Waals surface area contributed by atoms with Crippen LogP contribution in [0.3, 0.4) is 0 Å². The van der Waals surface area contributed by atoms with E-state index in [1.54, 1.807) is 23.9 Å². The molecule has 3 rings (SSSR count). The minimum Gasteiger partial charge on any atom is -0.349 e. The van der Waals surface area contributed by atoms with Gasteiger partial charge in [-0.1, -0.05) is 12.8 Å². The van der Waals surface area contributed by atoms with Crippen LogP contribution in [-0.2, 0) is 4.79 Å². The molecule has 2 aliphatic rings. The van der Waals surface area contributed by atoms with Gasteiger partial charge in [-0.2, -0.15) is 0 Å². The van der Waals surface area contributed by atoms with Crippen LogP contribution in [0.5, 0.6) is 0 Å². The van der Waals surface area contributed by atoms with Crippen molar-refractivity contribution >= 4 is 17.7 Å². The average molecular weight is 308 g/mol. The van der Waals surface area contributed by atoms with Gasteiger partial charge in [0.05, 0.1) is 6.04 Å². The zero-order valence-electron chi connectivity index (χ0n) is 12.0. The highest BCUT2D eigenvalue weighted by molar-refractivity contribution is 7.99. The quantitative estimate of drug-likeness (QED) is 0.902. The summed E-state index contributed by atoms with van der Waals surface area (Å²) in [6.45, 7) is 0. The van der Waals surface area contributed by atoms with Crippen LogP contribution < -0.4 is 11.1 Å². The first kappa shape index (κ1) is 14.9. The number of rotatable bonds is 3. The second-order valence-electron chi connectivity index (χ2n) is 6.19. The second-order valence-corrected chi connectivity index (χ2v) is 7.32. The van der Waals surface area contributed by atoms with Gasteiger partial charge >= 0.3 is 0 Å². The Morgan fingerprint density at radius 3 is 2.95 bits per heavy atom. The third kappa shape index (κ3) is 3.40. The predicted molar refractivity (Wildman–Crippen MR) is 82.6 cm³/mol. The summed E-state index contributed by atoms with van der Waals surface area (Å²) in [7, 11) is 0. The normalized spacial score (nSPS) is 23.6. The molecule has 114 valence electrons. The Bertz CT molecular complexity index is 543. The Balaban J connectivity index is 1.68. The van der Waals surface area contributed by atoms with Crippen LogP contribution in [-0.4, -0.2) is 17.2 Å². The number of hydrogen-bond acceptors (Lipinski definition) is 3. The van der Waals surface area contributed by atoms with Gasteiger partial charge in [-0.25, -0.2) is 4.39 Å². The van der Waals surface area contributed by atoms with Crippen molar-refractivity contribution in [3.8, 4) is 0 Å². The third-order valence-electron chi connectivity index (χ3n) is 4.46. The standard InChI is InChI=1S/C16H21FN2OS/c17-11-3-4-14-12(9-11)13(5-8-21-14)19-15(20)10-16(18)6-1-2-7-16/h3-4,9,13H,1-2,5-8,10,18H2,(H,19,20). The molecule has 3 N–H and O–H groups in total. The first-order valence-corrected chi connectivity index (χ1v) is 8.55. The minimum atomic E-state index is -0.335. The molecule has 1 aromatic rings. The zero-order valence-corrected chi connectivity index (χ0v) is 12.8. The highest BCUT2D eigenvalue weighted by Gasteiger charge is 2.33. The molecular weight excluding hydrogens is 287 g/mol. The van der Waals surface area contributed by atoms with E-state index in [-0.39, 0.29) is 23.3 Å². The summed E-state index contributed by atoms with van der Waals surface area (Å²) in [4.78, 5) is 13.3. The number of benzene rings is 1. The predicted octanol–water partition coefficient (Wildman–Crippen LogP) is 3.14. The Hall–Kier alpha value is -1.07. The molecule has 0 saturated heterocycles. The molecule has 5 heteroatoms. The van der Waals surface area contributed by atoms with Crippen molar-refractivity contribution < 1.29 is 9.18 Å². The molecule has 0 bridgehead atoms. The lowest BCUT2D eigenvalue weighted by molar-refractivity contribution is -0.123. The number of amides is 1. The molecule has 1 aliphatic carbocycles. The number of thioether (sulfide) groups is 1. The summed E-state index contributed by atoms with van der Waals surface area (Å²) in [6, 6.07) is 4.73. The largest absolute Gasteiger partial charge is 0.349 e. The second kappa shape index (κ2) is 5.97. The van der Waals surface area contributed by atoms with Crippen molar-refractivity contribution in [2.24, 2.45) is 5.73 Å². The fourth-order valence-electron chi connectivity index (χ4n) is 3.34. The Morgan fingerprint density at radius 2 is 2.19 bits per heavy atom. The number of nitrogens with two attached hydrogens (primary N) is 1. The van der Waals surface area contributed by atoms with Crippen LogP contribution in [0.1, 0.15) is 50.1 Å². The third-order valence-corrected chi connectivity index (χ3v) is 5.58. The van der Waals surface area contributed by atoms with Crippen LogP contribution in [0.25, 0.3) is 0 Å². The maximum absolute atomic E-state index is 13.5. The Kier molecular flexibility index (Phi) is 4.22. The zero-order chi connectivity index (χ0) is 14.9. The van der Waals surface area contributed by atoms with E-state index in [1.807, 2.05) is 0 Å². The van der Waals surface area contributed by atoms with Gasteiger partial charge in [0.15, 0.2) is 0 Å². The van der Waals surface area contributed by atoms with Crippen molar-refractivity contribution in [3.63, 3.8) is 0 Å². The average Bonchev–Trinajstić information content (AvgIpc) is 2.85. The molecule has 0 aromatic heterocycles. The molecule has 21 heavy (non-hydrogen) atoms.